The van der Waals surface area contributed by atoms with E-state index in [4.69, 9.17) is 9.84 Å². The lowest BCUT2D eigenvalue weighted by atomic mass is 10.1. The number of hydrogen-bond acceptors (Lipinski definition) is 3. The van der Waals surface area contributed by atoms with E-state index in [2.05, 4.69) is 18.3 Å². The van der Waals surface area contributed by atoms with Crippen LogP contribution in [0.5, 0.6) is 0 Å². The van der Waals surface area contributed by atoms with Crippen molar-refractivity contribution in [2.75, 3.05) is 7.11 Å². The van der Waals surface area contributed by atoms with Crippen LogP contribution in [-0.4, -0.2) is 24.4 Å². The fourth-order valence-electron chi connectivity index (χ4n) is 1.49. The molecule has 3 heteroatoms. The number of ether oxygens (including phenoxy) is 1. The summed E-state index contributed by atoms with van der Waals surface area (Å²) in [6.45, 7) is 5.03. The summed E-state index contributed by atoms with van der Waals surface area (Å²) in [6.07, 6.45) is 0.195. The Morgan fingerprint density at radius 2 is 2.00 bits per heavy atom. The van der Waals surface area contributed by atoms with Gasteiger partial charge >= 0.3 is 0 Å². The molecule has 2 unspecified atom stereocenters. The number of aliphatic hydroxyl groups is 1. The molecular formula is C13H21NO2. The zero-order valence-electron chi connectivity index (χ0n) is 10.2. The molecule has 3 nitrogen and oxygen atoms in total. The number of benzene rings is 1. The van der Waals surface area contributed by atoms with E-state index in [9.17, 15) is 0 Å². The summed E-state index contributed by atoms with van der Waals surface area (Å²) in [5.74, 6) is 0. The van der Waals surface area contributed by atoms with Crippen molar-refractivity contribution in [2.45, 2.75) is 39.1 Å². The van der Waals surface area contributed by atoms with Gasteiger partial charge in [-0.3, -0.25) is 0 Å². The molecule has 0 aliphatic heterocycles. The maximum Gasteiger partial charge on any atom is 0.0693 e. The van der Waals surface area contributed by atoms with E-state index in [0.29, 0.717) is 6.04 Å². The first-order chi connectivity index (χ1) is 7.67. The summed E-state index contributed by atoms with van der Waals surface area (Å²) in [6, 6.07) is 8.26. The van der Waals surface area contributed by atoms with Crippen molar-refractivity contribution in [1.29, 1.82) is 0 Å². The van der Waals surface area contributed by atoms with Crippen LogP contribution in [0.25, 0.3) is 0 Å². The molecule has 0 radical (unpaired) electrons. The van der Waals surface area contributed by atoms with Gasteiger partial charge in [-0.1, -0.05) is 24.3 Å². The van der Waals surface area contributed by atoms with Crippen molar-refractivity contribution in [3.8, 4) is 0 Å². The average Bonchev–Trinajstić information content (AvgIpc) is 2.35. The summed E-state index contributed by atoms with van der Waals surface area (Å²) < 4.78 is 5.24. The smallest absolute Gasteiger partial charge is 0.0693 e. The van der Waals surface area contributed by atoms with Crippen molar-refractivity contribution >= 4 is 0 Å². The summed E-state index contributed by atoms with van der Waals surface area (Å²) in [4.78, 5) is 0. The minimum absolute atomic E-state index is 0.0951. The van der Waals surface area contributed by atoms with E-state index >= 15 is 0 Å². The summed E-state index contributed by atoms with van der Waals surface area (Å²) in [5, 5.41) is 12.4. The van der Waals surface area contributed by atoms with Gasteiger partial charge in [-0.15, -0.1) is 0 Å². The number of rotatable bonds is 6. The first-order valence-corrected chi connectivity index (χ1v) is 5.62. The van der Waals surface area contributed by atoms with Gasteiger partial charge in [0.1, 0.15) is 0 Å². The lowest BCUT2D eigenvalue weighted by molar-refractivity contribution is 0.0882. The number of hydrogen-bond donors (Lipinski definition) is 2. The Kier molecular flexibility index (Phi) is 5.46. The van der Waals surface area contributed by atoms with E-state index in [-0.39, 0.29) is 12.7 Å². The van der Waals surface area contributed by atoms with Crippen LogP contribution in [0, 0.1) is 0 Å². The number of methoxy groups -OCH3 is 1. The van der Waals surface area contributed by atoms with E-state index < -0.39 is 0 Å². The molecule has 0 aliphatic rings. The predicted octanol–water partition coefficient (Wildman–Crippen LogP) is 1.69. The van der Waals surface area contributed by atoms with Crippen molar-refractivity contribution in [1.82, 2.24) is 5.32 Å². The Hall–Kier alpha value is -0.900. The van der Waals surface area contributed by atoms with Crippen LogP contribution in [0.15, 0.2) is 24.3 Å². The van der Waals surface area contributed by atoms with E-state index in [1.807, 2.05) is 25.1 Å². The molecule has 1 aromatic carbocycles. The van der Waals surface area contributed by atoms with Gasteiger partial charge < -0.3 is 15.2 Å². The molecule has 2 atom stereocenters. The van der Waals surface area contributed by atoms with E-state index in [0.717, 1.165) is 12.1 Å². The third-order valence-electron chi connectivity index (χ3n) is 2.88. The number of aliphatic hydroxyl groups excluding tert-OH is 1. The van der Waals surface area contributed by atoms with E-state index in [1.165, 1.54) is 5.56 Å². The van der Waals surface area contributed by atoms with Gasteiger partial charge in [-0.05, 0) is 25.0 Å². The predicted molar refractivity (Wildman–Crippen MR) is 65.1 cm³/mol. The van der Waals surface area contributed by atoms with Crippen LogP contribution >= 0.6 is 0 Å². The fourth-order valence-corrected chi connectivity index (χ4v) is 1.49. The second-order valence-corrected chi connectivity index (χ2v) is 4.09. The maximum atomic E-state index is 9.03. The molecule has 1 rings (SSSR count). The molecule has 0 aromatic heterocycles. The van der Waals surface area contributed by atoms with Crippen LogP contribution in [0.4, 0.5) is 0 Å². The molecule has 0 spiro atoms. The SMILES string of the molecule is COC(C)C(C)NCc1cccc(CO)c1. The molecule has 0 aliphatic carbocycles. The van der Waals surface area contributed by atoms with Crippen molar-refractivity contribution in [2.24, 2.45) is 0 Å². The standard InChI is InChI=1S/C13H21NO2/c1-10(11(2)16-3)14-8-12-5-4-6-13(7-12)9-15/h4-7,10-11,14-15H,8-9H2,1-3H3. The highest BCUT2D eigenvalue weighted by Gasteiger charge is 2.09. The highest BCUT2D eigenvalue weighted by Crippen LogP contribution is 2.06. The second kappa shape index (κ2) is 6.63. The second-order valence-electron chi connectivity index (χ2n) is 4.09. The molecule has 0 bridgehead atoms. The largest absolute Gasteiger partial charge is 0.392 e. The third-order valence-corrected chi connectivity index (χ3v) is 2.88. The molecule has 0 saturated heterocycles. The lowest BCUT2D eigenvalue weighted by Gasteiger charge is -2.20. The van der Waals surface area contributed by atoms with Gasteiger partial charge in [0.15, 0.2) is 0 Å². The number of nitrogens with one attached hydrogen (secondary N) is 1. The first-order valence-electron chi connectivity index (χ1n) is 5.62. The summed E-state index contributed by atoms with van der Waals surface area (Å²) in [7, 11) is 1.72. The van der Waals surface area contributed by atoms with Crippen LogP contribution in [-0.2, 0) is 17.9 Å². The fraction of sp³-hybridized carbons (Fsp3) is 0.538. The van der Waals surface area contributed by atoms with Crippen molar-refractivity contribution in [3.63, 3.8) is 0 Å². The molecular weight excluding hydrogens is 202 g/mol. The minimum atomic E-state index is 0.0951. The van der Waals surface area contributed by atoms with Crippen LogP contribution in [0.2, 0.25) is 0 Å². The normalized spacial score (nSPS) is 14.8. The van der Waals surface area contributed by atoms with Crippen LogP contribution in [0.1, 0.15) is 25.0 Å². The minimum Gasteiger partial charge on any atom is -0.392 e. The van der Waals surface area contributed by atoms with Gasteiger partial charge in [0, 0.05) is 19.7 Å². The van der Waals surface area contributed by atoms with Gasteiger partial charge in [0.25, 0.3) is 0 Å². The molecule has 0 saturated carbocycles. The Morgan fingerprint density at radius 1 is 1.31 bits per heavy atom. The molecule has 90 valence electrons. The summed E-state index contributed by atoms with van der Waals surface area (Å²) >= 11 is 0. The highest BCUT2D eigenvalue weighted by atomic mass is 16.5. The zero-order valence-corrected chi connectivity index (χ0v) is 10.2. The van der Waals surface area contributed by atoms with Crippen LogP contribution < -0.4 is 5.32 Å². The Bertz CT molecular complexity index is 315. The lowest BCUT2D eigenvalue weighted by Crippen LogP contribution is -2.36. The third kappa shape index (κ3) is 3.93. The van der Waals surface area contributed by atoms with Gasteiger partial charge in [0.05, 0.1) is 12.7 Å². The quantitative estimate of drug-likeness (QED) is 0.771. The molecule has 0 heterocycles. The topological polar surface area (TPSA) is 41.5 Å². The molecule has 0 fully saturated rings. The average molecular weight is 223 g/mol. The van der Waals surface area contributed by atoms with Crippen LogP contribution in [0.3, 0.4) is 0 Å². The Labute approximate surface area is 97.4 Å². The Morgan fingerprint density at radius 3 is 2.62 bits per heavy atom. The van der Waals surface area contributed by atoms with Crippen molar-refractivity contribution < 1.29 is 9.84 Å². The Balaban J connectivity index is 2.47. The molecule has 2 N–H and O–H groups in total. The van der Waals surface area contributed by atoms with Gasteiger partial charge in [0.2, 0.25) is 0 Å². The van der Waals surface area contributed by atoms with Gasteiger partial charge in [-0.2, -0.15) is 0 Å². The molecule has 16 heavy (non-hydrogen) atoms. The van der Waals surface area contributed by atoms with Crippen molar-refractivity contribution in [3.05, 3.63) is 35.4 Å². The zero-order chi connectivity index (χ0) is 12.0. The van der Waals surface area contributed by atoms with Gasteiger partial charge in [-0.25, -0.2) is 0 Å². The highest BCUT2D eigenvalue weighted by molar-refractivity contribution is 5.22. The molecule has 1 aromatic rings. The first kappa shape index (κ1) is 13.2. The summed E-state index contributed by atoms with van der Waals surface area (Å²) in [5.41, 5.74) is 2.13. The monoisotopic (exact) mass is 223 g/mol. The maximum absolute atomic E-state index is 9.03. The van der Waals surface area contributed by atoms with E-state index in [1.54, 1.807) is 7.11 Å². The molecule has 0 amide bonds.